The Morgan fingerprint density at radius 2 is 1.93 bits per heavy atom. The zero-order chi connectivity index (χ0) is 20.2. The van der Waals surface area contributed by atoms with Gasteiger partial charge < -0.3 is 14.6 Å². The number of benzene rings is 2. The quantitative estimate of drug-likeness (QED) is 0.635. The minimum atomic E-state index is -0.185. The lowest BCUT2D eigenvalue weighted by molar-refractivity contribution is -0.118. The van der Waals surface area contributed by atoms with Gasteiger partial charge in [0.15, 0.2) is 6.61 Å². The number of likely N-dealkylation sites (tertiary alicyclic amines) is 1. The Hall–Kier alpha value is -2.57. The maximum Gasteiger partial charge on any atom is 0.262 e. The van der Waals surface area contributed by atoms with Gasteiger partial charge in [0.1, 0.15) is 11.6 Å². The van der Waals surface area contributed by atoms with Crippen LogP contribution in [0.25, 0.3) is 11.0 Å². The van der Waals surface area contributed by atoms with E-state index in [1.807, 2.05) is 49.4 Å². The SMILES string of the molecule is Cc1cccc(OCC(=O)Nc2ccc3c(c2)nc(CN2CCCCC2)n3C)c1.Cl. The maximum atomic E-state index is 12.3. The van der Waals surface area contributed by atoms with Gasteiger partial charge in [-0.05, 0) is 68.8 Å². The van der Waals surface area contributed by atoms with Crippen molar-refractivity contribution in [3.8, 4) is 5.75 Å². The van der Waals surface area contributed by atoms with E-state index in [1.165, 1.54) is 19.3 Å². The third-order valence-corrected chi connectivity index (χ3v) is 5.43. The lowest BCUT2D eigenvalue weighted by Gasteiger charge is -2.25. The van der Waals surface area contributed by atoms with Gasteiger partial charge in [0.05, 0.1) is 17.6 Å². The molecule has 0 atom stereocenters. The topological polar surface area (TPSA) is 59.4 Å². The monoisotopic (exact) mass is 428 g/mol. The number of ether oxygens (including phenoxy) is 1. The lowest BCUT2D eigenvalue weighted by atomic mass is 10.1. The van der Waals surface area contributed by atoms with Crippen molar-refractivity contribution in [2.75, 3.05) is 25.0 Å². The Morgan fingerprint density at radius 1 is 1.13 bits per heavy atom. The standard InChI is InChI=1S/C23H28N4O2.ClH/c1-17-7-6-8-19(13-17)29-16-23(28)24-18-9-10-21-20(14-18)25-22(26(21)2)15-27-11-4-3-5-12-27;/h6-10,13-14H,3-5,11-12,15-16H2,1-2H3,(H,24,28);1H. The van der Waals surface area contributed by atoms with Crippen LogP contribution >= 0.6 is 12.4 Å². The van der Waals surface area contributed by atoms with E-state index in [2.05, 4.69) is 21.8 Å². The minimum Gasteiger partial charge on any atom is -0.484 e. The number of hydrogen-bond acceptors (Lipinski definition) is 4. The Bertz CT molecular complexity index is 1010. The first-order valence-electron chi connectivity index (χ1n) is 10.3. The normalized spacial score (nSPS) is 14.3. The second-order valence-electron chi connectivity index (χ2n) is 7.78. The first kappa shape index (κ1) is 22.1. The highest BCUT2D eigenvalue weighted by Crippen LogP contribution is 2.21. The number of aromatic nitrogens is 2. The van der Waals surface area contributed by atoms with Crippen LogP contribution in [0.5, 0.6) is 5.75 Å². The molecule has 4 rings (SSSR count). The second-order valence-corrected chi connectivity index (χ2v) is 7.78. The minimum absolute atomic E-state index is 0. The Balaban J connectivity index is 0.00000256. The number of anilines is 1. The zero-order valence-electron chi connectivity index (χ0n) is 17.6. The number of nitrogens with one attached hydrogen (secondary N) is 1. The van der Waals surface area contributed by atoms with Crippen LogP contribution in [0.2, 0.25) is 0 Å². The Morgan fingerprint density at radius 3 is 2.70 bits per heavy atom. The first-order valence-corrected chi connectivity index (χ1v) is 10.3. The molecule has 1 saturated heterocycles. The molecule has 2 heterocycles. The van der Waals surface area contributed by atoms with E-state index in [-0.39, 0.29) is 24.9 Å². The van der Waals surface area contributed by atoms with Gasteiger partial charge in [-0.3, -0.25) is 9.69 Å². The van der Waals surface area contributed by atoms with Gasteiger partial charge in [-0.15, -0.1) is 12.4 Å². The van der Waals surface area contributed by atoms with E-state index in [4.69, 9.17) is 9.72 Å². The van der Waals surface area contributed by atoms with Gasteiger partial charge in [-0.2, -0.15) is 0 Å². The van der Waals surface area contributed by atoms with Crippen LogP contribution in [0.15, 0.2) is 42.5 Å². The van der Waals surface area contributed by atoms with Crippen molar-refractivity contribution >= 4 is 35.0 Å². The molecule has 160 valence electrons. The van der Waals surface area contributed by atoms with E-state index < -0.39 is 0 Å². The van der Waals surface area contributed by atoms with Crippen LogP contribution in [0.4, 0.5) is 5.69 Å². The number of aryl methyl sites for hydroxylation is 2. The molecule has 1 aliphatic rings. The Kier molecular flexibility index (Phi) is 7.34. The summed E-state index contributed by atoms with van der Waals surface area (Å²) in [6, 6.07) is 13.5. The van der Waals surface area contributed by atoms with Gasteiger partial charge in [0, 0.05) is 12.7 Å². The number of carbonyl (C=O) groups is 1. The van der Waals surface area contributed by atoms with Gasteiger partial charge in [0.25, 0.3) is 5.91 Å². The molecular weight excluding hydrogens is 400 g/mol. The van der Waals surface area contributed by atoms with Crippen LogP contribution < -0.4 is 10.1 Å². The fourth-order valence-electron chi connectivity index (χ4n) is 3.84. The summed E-state index contributed by atoms with van der Waals surface area (Å²) in [5.74, 6) is 1.58. The number of imidazole rings is 1. The molecule has 0 bridgehead atoms. The summed E-state index contributed by atoms with van der Waals surface area (Å²) in [4.78, 5) is 19.6. The molecule has 0 unspecified atom stereocenters. The van der Waals surface area contributed by atoms with E-state index in [9.17, 15) is 4.79 Å². The summed E-state index contributed by atoms with van der Waals surface area (Å²) in [6.45, 7) is 5.13. The van der Waals surface area contributed by atoms with E-state index in [0.717, 1.165) is 47.7 Å². The number of fused-ring (bicyclic) bond motifs is 1. The second kappa shape index (κ2) is 9.96. The number of piperidine rings is 1. The smallest absolute Gasteiger partial charge is 0.262 e. The summed E-state index contributed by atoms with van der Waals surface area (Å²) < 4.78 is 7.73. The Labute approximate surface area is 183 Å². The number of carbonyl (C=O) groups excluding carboxylic acids is 1. The maximum absolute atomic E-state index is 12.3. The third-order valence-electron chi connectivity index (χ3n) is 5.43. The molecule has 6 nitrogen and oxygen atoms in total. The number of nitrogens with zero attached hydrogens (tertiary/aromatic N) is 3. The van der Waals surface area contributed by atoms with Crippen molar-refractivity contribution in [1.82, 2.24) is 14.5 Å². The highest BCUT2D eigenvalue weighted by molar-refractivity contribution is 5.94. The average Bonchev–Trinajstić information content (AvgIpc) is 3.02. The van der Waals surface area contributed by atoms with Crippen molar-refractivity contribution in [3.05, 3.63) is 53.9 Å². The van der Waals surface area contributed by atoms with Gasteiger partial charge in [-0.1, -0.05) is 18.6 Å². The molecule has 1 N–H and O–H groups in total. The van der Waals surface area contributed by atoms with Crippen molar-refractivity contribution in [2.24, 2.45) is 7.05 Å². The predicted molar refractivity (Wildman–Crippen MR) is 122 cm³/mol. The fourth-order valence-corrected chi connectivity index (χ4v) is 3.84. The summed E-state index contributed by atoms with van der Waals surface area (Å²) in [7, 11) is 2.06. The number of hydrogen-bond donors (Lipinski definition) is 1. The fraction of sp³-hybridized carbons (Fsp3) is 0.391. The molecule has 7 heteroatoms. The molecule has 0 radical (unpaired) electrons. The molecule has 3 aromatic rings. The van der Waals surface area contributed by atoms with E-state index >= 15 is 0 Å². The highest BCUT2D eigenvalue weighted by atomic mass is 35.5. The van der Waals surface area contributed by atoms with Gasteiger partial charge >= 0.3 is 0 Å². The van der Waals surface area contributed by atoms with Gasteiger partial charge in [-0.25, -0.2) is 4.98 Å². The van der Waals surface area contributed by atoms with Crippen LogP contribution in [-0.2, 0) is 18.4 Å². The molecular formula is C23H29ClN4O2. The van der Waals surface area contributed by atoms with E-state index in [1.54, 1.807) is 0 Å². The molecule has 1 fully saturated rings. The zero-order valence-corrected chi connectivity index (χ0v) is 18.4. The number of rotatable bonds is 6. The van der Waals surface area contributed by atoms with Crippen molar-refractivity contribution in [2.45, 2.75) is 32.7 Å². The average molecular weight is 429 g/mol. The molecule has 1 aromatic heterocycles. The number of amides is 1. The lowest BCUT2D eigenvalue weighted by Crippen LogP contribution is -2.30. The molecule has 0 saturated carbocycles. The van der Waals surface area contributed by atoms with Crippen molar-refractivity contribution < 1.29 is 9.53 Å². The largest absolute Gasteiger partial charge is 0.484 e. The van der Waals surface area contributed by atoms with Crippen LogP contribution in [0, 0.1) is 6.92 Å². The van der Waals surface area contributed by atoms with E-state index in [0.29, 0.717) is 5.75 Å². The summed E-state index contributed by atoms with van der Waals surface area (Å²) in [6.07, 6.45) is 3.87. The van der Waals surface area contributed by atoms with Crippen LogP contribution in [0.1, 0.15) is 30.7 Å². The summed E-state index contributed by atoms with van der Waals surface area (Å²) in [5, 5.41) is 2.91. The summed E-state index contributed by atoms with van der Waals surface area (Å²) >= 11 is 0. The number of halogens is 1. The third kappa shape index (κ3) is 5.32. The van der Waals surface area contributed by atoms with Crippen molar-refractivity contribution in [1.29, 1.82) is 0 Å². The summed E-state index contributed by atoms with van der Waals surface area (Å²) in [5.41, 5.74) is 3.81. The van der Waals surface area contributed by atoms with Crippen molar-refractivity contribution in [3.63, 3.8) is 0 Å². The molecule has 30 heavy (non-hydrogen) atoms. The van der Waals surface area contributed by atoms with Crippen LogP contribution in [-0.4, -0.2) is 40.1 Å². The molecule has 1 aliphatic heterocycles. The predicted octanol–water partition coefficient (Wildman–Crippen LogP) is 4.31. The molecule has 2 aromatic carbocycles. The van der Waals surface area contributed by atoms with Gasteiger partial charge in [0.2, 0.25) is 0 Å². The first-order chi connectivity index (χ1) is 14.1. The highest BCUT2D eigenvalue weighted by Gasteiger charge is 2.15. The van der Waals surface area contributed by atoms with Crippen LogP contribution in [0.3, 0.4) is 0 Å². The molecule has 0 aliphatic carbocycles. The molecule has 0 spiro atoms. The molecule has 1 amide bonds.